The third-order valence-corrected chi connectivity index (χ3v) is 4.45. The molecule has 3 aromatic rings. The van der Waals surface area contributed by atoms with E-state index in [0.29, 0.717) is 10.8 Å². The van der Waals surface area contributed by atoms with Crippen molar-refractivity contribution in [1.29, 1.82) is 0 Å². The van der Waals surface area contributed by atoms with Gasteiger partial charge in [0.05, 0.1) is 5.70 Å². The Morgan fingerprint density at radius 2 is 1.87 bits per heavy atom. The highest BCUT2D eigenvalue weighted by Gasteiger charge is 2.19. The number of nitrogens with one attached hydrogen (secondary N) is 1. The molecule has 0 aliphatic carbocycles. The molecule has 2 heterocycles. The van der Waals surface area contributed by atoms with Crippen LogP contribution in [0.4, 0.5) is 4.39 Å². The average Bonchev–Trinajstić information content (AvgIpc) is 2.98. The third kappa shape index (κ3) is 2.71. The SMILES string of the molecule is Fc1ccc(C2=CSc3nnc(-c4cccc(Cl)c4)n3N2)cc1. The molecule has 1 aromatic heterocycles. The standard InChI is InChI=1S/C16H10ClFN4S/c17-12-3-1-2-11(8-12)15-19-20-16-22(15)21-14(9-23-16)10-4-6-13(18)7-5-10/h1-9,21H. The predicted molar refractivity (Wildman–Crippen MR) is 90.1 cm³/mol. The number of rotatable bonds is 2. The fraction of sp³-hybridized carbons (Fsp3) is 0. The number of benzene rings is 2. The zero-order valence-corrected chi connectivity index (χ0v) is 13.3. The number of hydrogen-bond donors (Lipinski definition) is 1. The quantitative estimate of drug-likeness (QED) is 0.749. The van der Waals surface area contributed by atoms with Crippen molar-refractivity contribution in [1.82, 2.24) is 14.9 Å². The zero-order chi connectivity index (χ0) is 15.8. The molecule has 4 nitrogen and oxygen atoms in total. The molecule has 0 bridgehead atoms. The molecule has 1 N–H and O–H groups in total. The summed E-state index contributed by atoms with van der Waals surface area (Å²) < 4.78 is 14.9. The van der Waals surface area contributed by atoms with Gasteiger partial charge < -0.3 is 0 Å². The van der Waals surface area contributed by atoms with Gasteiger partial charge in [-0.05, 0) is 36.4 Å². The second-order valence-corrected chi connectivity index (χ2v) is 6.19. The summed E-state index contributed by atoms with van der Waals surface area (Å²) in [6.45, 7) is 0. The molecule has 0 unspecified atom stereocenters. The van der Waals surface area contributed by atoms with Crippen LogP contribution in [-0.4, -0.2) is 14.9 Å². The molecule has 114 valence electrons. The molecular weight excluding hydrogens is 335 g/mol. The van der Waals surface area contributed by atoms with Crippen molar-refractivity contribution in [2.75, 3.05) is 5.43 Å². The summed E-state index contributed by atoms with van der Waals surface area (Å²) in [5.41, 5.74) is 5.87. The van der Waals surface area contributed by atoms with E-state index in [2.05, 4.69) is 15.6 Å². The van der Waals surface area contributed by atoms with E-state index in [1.165, 1.54) is 23.9 Å². The molecule has 23 heavy (non-hydrogen) atoms. The summed E-state index contributed by atoms with van der Waals surface area (Å²) in [6, 6.07) is 13.7. The normalized spacial score (nSPS) is 13.2. The van der Waals surface area contributed by atoms with E-state index in [-0.39, 0.29) is 5.82 Å². The van der Waals surface area contributed by atoms with Crippen LogP contribution >= 0.6 is 23.4 Å². The minimum Gasteiger partial charge on any atom is -0.289 e. The van der Waals surface area contributed by atoms with Crippen molar-refractivity contribution < 1.29 is 4.39 Å². The highest BCUT2D eigenvalue weighted by atomic mass is 35.5. The largest absolute Gasteiger partial charge is 0.289 e. The van der Waals surface area contributed by atoms with Gasteiger partial charge >= 0.3 is 0 Å². The van der Waals surface area contributed by atoms with Gasteiger partial charge in [-0.3, -0.25) is 5.43 Å². The smallest absolute Gasteiger partial charge is 0.214 e. The van der Waals surface area contributed by atoms with Crippen molar-refractivity contribution in [3.05, 3.63) is 70.3 Å². The summed E-state index contributed by atoms with van der Waals surface area (Å²) in [5, 5.41) is 11.7. The van der Waals surface area contributed by atoms with Gasteiger partial charge in [-0.15, -0.1) is 10.2 Å². The maximum Gasteiger partial charge on any atom is 0.214 e. The monoisotopic (exact) mass is 344 g/mol. The molecular formula is C16H10ClFN4S. The van der Waals surface area contributed by atoms with Crippen molar-refractivity contribution >= 4 is 29.1 Å². The molecule has 0 saturated carbocycles. The lowest BCUT2D eigenvalue weighted by atomic mass is 10.2. The molecule has 0 atom stereocenters. The van der Waals surface area contributed by atoms with Crippen LogP contribution in [0, 0.1) is 5.82 Å². The highest BCUT2D eigenvalue weighted by Crippen LogP contribution is 2.31. The first-order valence-electron chi connectivity index (χ1n) is 6.82. The molecule has 1 aliphatic rings. The molecule has 1 aliphatic heterocycles. The molecule has 7 heteroatoms. The fourth-order valence-corrected chi connectivity index (χ4v) is 3.21. The highest BCUT2D eigenvalue weighted by molar-refractivity contribution is 8.02. The van der Waals surface area contributed by atoms with Gasteiger partial charge in [-0.1, -0.05) is 35.5 Å². The summed E-state index contributed by atoms with van der Waals surface area (Å²) >= 11 is 7.51. The van der Waals surface area contributed by atoms with Crippen molar-refractivity contribution in [2.45, 2.75) is 5.16 Å². The zero-order valence-electron chi connectivity index (χ0n) is 11.7. The first kappa shape index (κ1) is 14.3. The Hall–Kier alpha value is -2.31. The van der Waals surface area contributed by atoms with Crippen molar-refractivity contribution in [3.8, 4) is 11.4 Å². The van der Waals surface area contributed by atoms with Gasteiger partial charge in [0.25, 0.3) is 0 Å². The maximum atomic E-state index is 13.1. The first-order chi connectivity index (χ1) is 11.2. The Balaban J connectivity index is 1.71. The topological polar surface area (TPSA) is 42.7 Å². The van der Waals surface area contributed by atoms with Crippen LogP contribution in [0.25, 0.3) is 17.1 Å². The number of aromatic nitrogens is 3. The second kappa shape index (κ2) is 5.72. The van der Waals surface area contributed by atoms with Crippen LogP contribution in [0.2, 0.25) is 5.02 Å². The Morgan fingerprint density at radius 1 is 1.04 bits per heavy atom. The van der Waals surface area contributed by atoms with E-state index < -0.39 is 0 Å². The molecule has 2 aromatic carbocycles. The van der Waals surface area contributed by atoms with Gasteiger partial charge in [0.15, 0.2) is 5.82 Å². The van der Waals surface area contributed by atoms with Crippen LogP contribution in [0.1, 0.15) is 5.56 Å². The minimum absolute atomic E-state index is 0.262. The number of halogens is 2. The van der Waals surface area contributed by atoms with E-state index in [0.717, 1.165) is 22.0 Å². The number of thioether (sulfide) groups is 1. The molecule has 0 radical (unpaired) electrons. The van der Waals surface area contributed by atoms with Gasteiger partial charge in [0.1, 0.15) is 5.82 Å². The number of hydrogen-bond acceptors (Lipinski definition) is 4. The molecule has 0 fully saturated rings. The van der Waals surface area contributed by atoms with E-state index in [4.69, 9.17) is 11.6 Å². The molecule has 0 spiro atoms. The van der Waals surface area contributed by atoms with Crippen LogP contribution in [-0.2, 0) is 0 Å². The summed E-state index contributed by atoms with van der Waals surface area (Å²) in [7, 11) is 0. The Kier molecular flexibility index (Phi) is 3.55. The predicted octanol–water partition coefficient (Wildman–Crippen LogP) is 4.39. The summed E-state index contributed by atoms with van der Waals surface area (Å²) in [6.07, 6.45) is 0. The summed E-state index contributed by atoms with van der Waals surface area (Å²) in [4.78, 5) is 0. The van der Waals surface area contributed by atoms with Crippen LogP contribution in [0.3, 0.4) is 0 Å². The lowest BCUT2D eigenvalue weighted by molar-refractivity contribution is 0.627. The number of fused-ring (bicyclic) bond motifs is 1. The Bertz CT molecular complexity index is 905. The lowest BCUT2D eigenvalue weighted by Crippen LogP contribution is -2.18. The Labute approximate surface area is 141 Å². The lowest BCUT2D eigenvalue weighted by Gasteiger charge is -2.19. The van der Waals surface area contributed by atoms with Gasteiger partial charge in [-0.2, -0.15) is 0 Å². The number of nitrogens with zero attached hydrogens (tertiary/aromatic N) is 3. The van der Waals surface area contributed by atoms with Crippen LogP contribution in [0.5, 0.6) is 0 Å². The first-order valence-corrected chi connectivity index (χ1v) is 8.07. The van der Waals surface area contributed by atoms with E-state index in [9.17, 15) is 4.39 Å². The molecule has 0 saturated heterocycles. The molecule has 4 rings (SSSR count). The minimum atomic E-state index is -0.262. The van der Waals surface area contributed by atoms with Gasteiger partial charge in [0, 0.05) is 21.6 Å². The van der Waals surface area contributed by atoms with Crippen LogP contribution in [0.15, 0.2) is 59.1 Å². The van der Waals surface area contributed by atoms with Crippen molar-refractivity contribution in [2.24, 2.45) is 0 Å². The van der Waals surface area contributed by atoms with Crippen molar-refractivity contribution in [3.63, 3.8) is 0 Å². The fourth-order valence-electron chi connectivity index (χ4n) is 2.28. The Morgan fingerprint density at radius 3 is 2.65 bits per heavy atom. The van der Waals surface area contributed by atoms with E-state index in [1.54, 1.807) is 16.8 Å². The van der Waals surface area contributed by atoms with Gasteiger partial charge in [-0.25, -0.2) is 9.07 Å². The summed E-state index contributed by atoms with van der Waals surface area (Å²) in [5.74, 6) is 0.408. The van der Waals surface area contributed by atoms with E-state index in [1.807, 2.05) is 29.7 Å². The molecule has 0 amide bonds. The third-order valence-electron chi connectivity index (χ3n) is 3.39. The second-order valence-electron chi connectivity index (χ2n) is 4.92. The van der Waals surface area contributed by atoms with Gasteiger partial charge in [0.2, 0.25) is 5.16 Å². The van der Waals surface area contributed by atoms with Crippen LogP contribution < -0.4 is 5.43 Å². The average molecular weight is 345 g/mol. The maximum absolute atomic E-state index is 13.1. The van der Waals surface area contributed by atoms with E-state index >= 15 is 0 Å².